The zero-order valence-electron chi connectivity index (χ0n) is 11.7. The smallest absolute Gasteiger partial charge is 0.361 e. The van der Waals surface area contributed by atoms with E-state index in [1.165, 1.54) is 0 Å². The summed E-state index contributed by atoms with van der Waals surface area (Å²) in [5, 5.41) is 7.69. The molecule has 9 nitrogen and oxygen atoms in total. The normalized spacial score (nSPS) is 19.7. The van der Waals surface area contributed by atoms with Crippen molar-refractivity contribution in [2.24, 2.45) is 0 Å². The van der Waals surface area contributed by atoms with Gasteiger partial charge in [0.05, 0.1) is 6.42 Å². The molecule has 0 bridgehead atoms. The molecule has 1 heterocycles. The van der Waals surface area contributed by atoms with E-state index in [1.54, 1.807) is 30.3 Å². The van der Waals surface area contributed by atoms with E-state index >= 15 is 0 Å². The first kappa shape index (κ1) is 17.1. The Balaban J connectivity index is 2.02. The Hall–Kier alpha value is -2.30. The van der Waals surface area contributed by atoms with Gasteiger partial charge in [-0.25, -0.2) is 4.79 Å². The summed E-state index contributed by atoms with van der Waals surface area (Å²) < 4.78 is 30.8. The fraction of sp³-hybridized carbons (Fsp3) is 0.308. The van der Waals surface area contributed by atoms with Gasteiger partial charge in [-0.15, -0.1) is 5.06 Å². The van der Waals surface area contributed by atoms with Crippen molar-refractivity contribution in [1.82, 2.24) is 5.06 Å². The minimum atomic E-state index is -4.79. The number of amides is 2. The predicted octanol–water partition coefficient (Wildman–Crippen LogP) is -0.936. The van der Waals surface area contributed by atoms with Crippen LogP contribution in [0.4, 0.5) is 0 Å². The highest BCUT2D eigenvalue weighted by atomic mass is 32.2. The van der Waals surface area contributed by atoms with Gasteiger partial charge in [0, 0.05) is 6.42 Å². The molecule has 10 heteroatoms. The van der Waals surface area contributed by atoms with E-state index in [4.69, 9.17) is 4.55 Å². The maximum atomic E-state index is 11.7. The molecule has 2 N–H and O–H groups in total. The summed E-state index contributed by atoms with van der Waals surface area (Å²) in [6.07, 6.45) is -2.60. The van der Waals surface area contributed by atoms with Crippen molar-refractivity contribution in [2.75, 3.05) is 0 Å². The minimum absolute atomic E-state index is 0.0466. The number of benzene rings is 1. The second kappa shape index (κ2) is 6.44. The number of nitrogens with zero attached hydrogens (tertiary/aromatic N) is 1. The van der Waals surface area contributed by atoms with Crippen LogP contribution in [0, 0.1) is 0 Å². The first-order chi connectivity index (χ1) is 10.7. The summed E-state index contributed by atoms with van der Waals surface area (Å²) in [6, 6.07) is 8.43. The largest absolute Gasteiger partial charge is 0.381 e. The van der Waals surface area contributed by atoms with Crippen LogP contribution in [-0.2, 0) is 35.8 Å². The lowest BCUT2D eigenvalue weighted by Crippen LogP contribution is -2.39. The van der Waals surface area contributed by atoms with Gasteiger partial charge in [0.1, 0.15) is 0 Å². The number of hydroxylamine groups is 2. The van der Waals surface area contributed by atoms with E-state index in [1.807, 2.05) is 0 Å². The van der Waals surface area contributed by atoms with E-state index < -0.39 is 45.7 Å². The third-order valence-electron chi connectivity index (χ3n) is 3.15. The Bertz CT molecular complexity index is 730. The van der Waals surface area contributed by atoms with Crippen molar-refractivity contribution in [2.45, 2.75) is 24.2 Å². The monoisotopic (exact) mass is 343 g/mol. The Morgan fingerprint density at radius 2 is 1.91 bits per heavy atom. The summed E-state index contributed by atoms with van der Waals surface area (Å²) in [4.78, 5) is 39.4. The minimum Gasteiger partial charge on any atom is -0.381 e. The van der Waals surface area contributed by atoms with Crippen LogP contribution in [0.1, 0.15) is 12.0 Å². The molecule has 0 aliphatic carbocycles. The third-order valence-corrected chi connectivity index (χ3v) is 4.23. The molecule has 0 spiro atoms. The van der Waals surface area contributed by atoms with Crippen molar-refractivity contribution >= 4 is 27.9 Å². The summed E-state index contributed by atoms with van der Waals surface area (Å²) in [5.74, 6) is -3.76. The molecule has 1 aliphatic heterocycles. The number of imide groups is 1. The molecule has 1 fully saturated rings. The molecule has 0 radical (unpaired) electrons. The number of carbonyl (C=O) groups is 3. The van der Waals surface area contributed by atoms with E-state index in [0.717, 1.165) is 0 Å². The predicted molar refractivity (Wildman–Crippen MR) is 74.1 cm³/mol. The second-order valence-corrected chi connectivity index (χ2v) is 6.45. The van der Waals surface area contributed by atoms with Crippen LogP contribution < -0.4 is 0 Å². The Labute approximate surface area is 131 Å². The van der Waals surface area contributed by atoms with Gasteiger partial charge in [-0.05, 0) is 5.56 Å². The van der Waals surface area contributed by atoms with Crippen LogP contribution in [-0.4, -0.2) is 52.3 Å². The van der Waals surface area contributed by atoms with Crippen LogP contribution in [0.3, 0.4) is 0 Å². The fourth-order valence-corrected chi connectivity index (χ4v) is 2.69. The van der Waals surface area contributed by atoms with Gasteiger partial charge in [0.15, 0.2) is 11.4 Å². The maximum Gasteiger partial charge on any atom is 0.361 e. The average Bonchev–Trinajstić information content (AvgIpc) is 2.76. The highest BCUT2D eigenvalue weighted by Crippen LogP contribution is 2.20. The molecule has 2 atom stereocenters. The summed E-state index contributed by atoms with van der Waals surface area (Å²) in [7, 11) is -4.79. The Kier molecular flexibility index (Phi) is 4.78. The number of hydrogen-bond acceptors (Lipinski definition) is 7. The van der Waals surface area contributed by atoms with Gasteiger partial charge in [-0.2, -0.15) is 8.42 Å². The van der Waals surface area contributed by atoms with E-state index in [9.17, 15) is 27.9 Å². The standard InChI is InChI=1S/C13H13NO8S/c15-9(6-8-4-2-1-3-5-8)13(18)22-14-11(16)7-10(12(14)17)23(19,20)21/h1-5,9-10,15H,6-7H2,(H,19,20,21). The summed E-state index contributed by atoms with van der Waals surface area (Å²) in [6.45, 7) is 0. The van der Waals surface area contributed by atoms with Crippen molar-refractivity contribution in [3.63, 3.8) is 0 Å². The van der Waals surface area contributed by atoms with Crippen LogP contribution in [0.15, 0.2) is 30.3 Å². The van der Waals surface area contributed by atoms with Gasteiger partial charge in [0.2, 0.25) is 0 Å². The van der Waals surface area contributed by atoms with Gasteiger partial charge in [-0.1, -0.05) is 30.3 Å². The molecular formula is C13H13NO8S. The second-order valence-electron chi connectivity index (χ2n) is 4.85. The van der Waals surface area contributed by atoms with Crippen molar-refractivity contribution in [3.8, 4) is 0 Å². The SMILES string of the molecule is O=C(ON1C(=O)CC(S(=O)(=O)O)C1=O)C(O)Cc1ccccc1. The summed E-state index contributed by atoms with van der Waals surface area (Å²) in [5.41, 5.74) is 0.617. The highest BCUT2D eigenvalue weighted by Gasteiger charge is 2.48. The molecule has 0 aromatic heterocycles. The van der Waals surface area contributed by atoms with Crippen molar-refractivity contribution in [1.29, 1.82) is 0 Å². The van der Waals surface area contributed by atoms with Crippen molar-refractivity contribution < 1.29 is 37.3 Å². The number of aliphatic hydroxyl groups excluding tert-OH is 1. The van der Waals surface area contributed by atoms with E-state index in [-0.39, 0.29) is 11.5 Å². The molecule has 23 heavy (non-hydrogen) atoms. The molecule has 1 aliphatic rings. The highest BCUT2D eigenvalue weighted by molar-refractivity contribution is 7.87. The Morgan fingerprint density at radius 3 is 2.43 bits per heavy atom. The lowest BCUT2D eigenvalue weighted by molar-refractivity contribution is -0.203. The van der Waals surface area contributed by atoms with Gasteiger partial charge < -0.3 is 9.94 Å². The quantitative estimate of drug-likeness (QED) is 0.516. The summed E-state index contributed by atoms with van der Waals surface area (Å²) >= 11 is 0. The van der Waals surface area contributed by atoms with E-state index in [0.29, 0.717) is 5.56 Å². The maximum absolute atomic E-state index is 11.7. The molecule has 1 aromatic carbocycles. The van der Waals surface area contributed by atoms with Crippen LogP contribution in [0.2, 0.25) is 0 Å². The lowest BCUT2D eigenvalue weighted by atomic mass is 10.1. The topological polar surface area (TPSA) is 138 Å². The van der Waals surface area contributed by atoms with E-state index in [2.05, 4.69) is 4.84 Å². The first-order valence-electron chi connectivity index (χ1n) is 6.47. The molecule has 2 unspecified atom stereocenters. The average molecular weight is 343 g/mol. The number of aliphatic hydroxyl groups is 1. The molecular weight excluding hydrogens is 330 g/mol. The third kappa shape index (κ3) is 3.92. The van der Waals surface area contributed by atoms with Gasteiger partial charge >= 0.3 is 5.97 Å². The first-order valence-corrected chi connectivity index (χ1v) is 7.97. The fourth-order valence-electron chi connectivity index (χ4n) is 1.98. The molecule has 124 valence electrons. The van der Waals surface area contributed by atoms with Crippen molar-refractivity contribution in [3.05, 3.63) is 35.9 Å². The van der Waals surface area contributed by atoms with Crippen LogP contribution in [0.5, 0.6) is 0 Å². The molecule has 1 saturated heterocycles. The molecule has 1 aromatic rings. The number of carbonyl (C=O) groups excluding carboxylic acids is 3. The Morgan fingerprint density at radius 1 is 1.30 bits per heavy atom. The lowest BCUT2D eigenvalue weighted by Gasteiger charge is -2.16. The number of hydrogen-bond donors (Lipinski definition) is 2. The molecule has 2 rings (SSSR count). The van der Waals surface area contributed by atoms with Crippen LogP contribution >= 0.6 is 0 Å². The molecule has 2 amide bonds. The van der Waals surface area contributed by atoms with Gasteiger partial charge in [0.25, 0.3) is 21.9 Å². The molecule has 0 saturated carbocycles. The van der Waals surface area contributed by atoms with Gasteiger partial charge in [-0.3, -0.25) is 14.1 Å². The number of rotatable bonds is 5. The van der Waals surface area contributed by atoms with Crippen LogP contribution in [0.25, 0.3) is 0 Å². The zero-order valence-corrected chi connectivity index (χ0v) is 12.5. The zero-order chi connectivity index (χ0) is 17.2.